The molecule has 0 aliphatic carbocycles. The van der Waals surface area contributed by atoms with E-state index in [2.05, 4.69) is 13.8 Å². The third-order valence-electron chi connectivity index (χ3n) is 2.78. The van der Waals surface area contributed by atoms with Gasteiger partial charge in [-0.3, -0.25) is 0 Å². The van der Waals surface area contributed by atoms with Gasteiger partial charge in [-0.05, 0) is 24.8 Å². The summed E-state index contributed by atoms with van der Waals surface area (Å²) in [5.74, 6) is 2.26. The third-order valence-corrected chi connectivity index (χ3v) is 3.23. The van der Waals surface area contributed by atoms with Gasteiger partial charge < -0.3 is 9.47 Å². The van der Waals surface area contributed by atoms with E-state index in [0.29, 0.717) is 5.92 Å². The highest BCUT2D eigenvalue weighted by Crippen LogP contribution is 2.36. The van der Waals surface area contributed by atoms with Crippen molar-refractivity contribution in [2.24, 2.45) is 5.92 Å². The van der Waals surface area contributed by atoms with E-state index in [1.54, 1.807) is 14.2 Å². The maximum Gasteiger partial charge on any atom is 0.127 e. The first kappa shape index (κ1) is 14.2. The molecule has 0 aromatic heterocycles. The van der Waals surface area contributed by atoms with Gasteiger partial charge in [0.25, 0.3) is 0 Å². The van der Waals surface area contributed by atoms with Crippen LogP contribution in [-0.4, -0.2) is 14.2 Å². The topological polar surface area (TPSA) is 18.5 Å². The molecule has 1 atom stereocenters. The van der Waals surface area contributed by atoms with Gasteiger partial charge in [0.05, 0.1) is 19.6 Å². The Hall–Kier alpha value is -0.890. The van der Waals surface area contributed by atoms with Gasteiger partial charge in [0.2, 0.25) is 0 Å². The van der Waals surface area contributed by atoms with Crippen LogP contribution in [0.25, 0.3) is 0 Å². The predicted octanol–water partition coefficient (Wildman–Crippen LogP) is 4.42. The molecule has 0 aliphatic rings. The van der Waals surface area contributed by atoms with Crippen LogP contribution < -0.4 is 9.47 Å². The Morgan fingerprint density at radius 2 is 1.82 bits per heavy atom. The van der Waals surface area contributed by atoms with Crippen molar-refractivity contribution >= 4 is 11.6 Å². The summed E-state index contributed by atoms with van der Waals surface area (Å²) in [6.07, 6.45) is 2.07. The Balaban J connectivity index is 2.81. The predicted molar refractivity (Wildman–Crippen MR) is 72.2 cm³/mol. The normalized spacial score (nSPS) is 12.6. The first-order valence-corrected chi connectivity index (χ1v) is 6.38. The van der Waals surface area contributed by atoms with Crippen molar-refractivity contribution in [1.29, 1.82) is 0 Å². The molecule has 1 rings (SSSR count). The SMILES string of the molecule is COc1ccc(C(Cl)CCC(C)C)c(OC)c1. The number of halogens is 1. The van der Waals surface area contributed by atoms with E-state index in [4.69, 9.17) is 21.1 Å². The lowest BCUT2D eigenvalue weighted by Crippen LogP contribution is -1.98. The number of rotatable bonds is 6. The highest BCUT2D eigenvalue weighted by molar-refractivity contribution is 6.21. The van der Waals surface area contributed by atoms with Crippen LogP contribution in [0.3, 0.4) is 0 Å². The lowest BCUT2D eigenvalue weighted by Gasteiger charge is -2.15. The highest BCUT2D eigenvalue weighted by Gasteiger charge is 2.14. The Kier molecular flexibility index (Phi) is 5.63. The number of hydrogen-bond donors (Lipinski definition) is 0. The van der Waals surface area contributed by atoms with Crippen LogP contribution in [0.2, 0.25) is 0 Å². The molecular weight excluding hydrogens is 236 g/mol. The fraction of sp³-hybridized carbons (Fsp3) is 0.571. The molecule has 1 aromatic rings. The molecule has 3 heteroatoms. The van der Waals surface area contributed by atoms with Crippen LogP contribution in [0.5, 0.6) is 11.5 Å². The average molecular weight is 257 g/mol. The van der Waals surface area contributed by atoms with E-state index in [1.807, 2.05) is 18.2 Å². The lowest BCUT2D eigenvalue weighted by molar-refractivity contribution is 0.389. The number of ether oxygens (including phenoxy) is 2. The molecule has 0 aliphatic heterocycles. The molecule has 0 heterocycles. The number of alkyl halides is 1. The summed E-state index contributed by atoms with van der Waals surface area (Å²) in [5.41, 5.74) is 1.04. The molecule has 0 radical (unpaired) electrons. The van der Waals surface area contributed by atoms with E-state index < -0.39 is 0 Å². The van der Waals surface area contributed by atoms with Gasteiger partial charge in [-0.25, -0.2) is 0 Å². The van der Waals surface area contributed by atoms with Crippen LogP contribution in [0.1, 0.15) is 37.6 Å². The van der Waals surface area contributed by atoms with Gasteiger partial charge in [-0.15, -0.1) is 11.6 Å². The van der Waals surface area contributed by atoms with Crippen molar-refractivity contribution in [1.82, 2.24) is 0 Å². The summed E-state index contributed by atoms with van der Waals surface area (Å²) in [5, 5.41) is -0.00161. The quantitative estimate of drug-likeness (QED) is 0.702. The Labute approximate surface area is 109 Å². The second kappa shape index (κ2) is 6.75. The zero-order valence-corrected chi connectivity index (χ0v) is 11.8. The van der Waals surface area contributed by atoms with Crippen LogP contribution in [0.4, 0.5) is 0 Å². The second-order valence-corrected chi connectivity index (χ2v) is 5.07. The van der Waals surface area contributed by atoms with Gasteiger partial charge in [0.1, 0.15) is 11.5 Å². The molecule has 0 saturated carbocycles. The fourth-order valence-corrected chi connectivity index (χ4v) is 2.02. The first-order chi connectivity index (χ1) is 8.08. The average Bonchev–Trinajstić information content (AvgIpc) is 2.34. The number of methoxy groups -OCH3 is 2. The molecule has 0 amide bonds. The Bertz CT molecular complexity index is 350. The Morgan fingerprint density at radius 1 is 1.12 bits per heavy atom. The maximum absolute atomic E-state index is 6.41. The van der Waals surface area contributed by atoms with Gasteiger partial charge in [0, 0.05) is 11.6 Å². The van der Waals surface area contributed by atoms with Gasteiger partial charge in [-0.1, -0.05) is 19.9 Å². The molecule has 0 saturated heterocycles. The van der Waals surface area contributed by atoms with Crippen molar-refractivity contribution in [2.45, 2.75) is 32.1 Å². The molecule has 1 aromatic carbocycles. The minimum absolute atomic E-state index is 0.00161. The third kappa shape index (κ3) is 4.12. The van der Waals surface area contributed by atoms with Crippen molar-refractivity contribution in [3.05, 3.63) is 23.8 Å². The van der Waals surface area contributed by atoms with E-state index in [9.17, 15) is 0 Å². The van der Waals surface area contributed by atoms with Gasteiger partial charge in [0.15, 0.2) is 0 Å². The van der Waals surface area contributed by atoms with E-state index in [-0.39, 0.29) is 5.38 Å². The minimum Gasteiger partial charge on any atom is -0.497 e. The maximum atomic E-state index is 6.41. The summed E-state index contributed by atoms with van der Waals surface area (Å²) in [4.78, 5) is 0. The molecule has 0 N–H and O–H groups in total. The molecule has 0 fully saturated rings. The van der Waals surface area contributed by atoms with E-state index in [0.717, 1.165) is 29.9 Å². The van der Waals surface area contributed by atoms with E-state index in [1.165, 1.54) is 0 Å². The van der Waals surface area contributed by atoms with Crippen LogP contribution in [0.15, 0.2) is 18.2 Å². The number of benzene rings is 1. The molecule has 1 unspecified atom stereocenters. The van der Waals surface area contributed by atoms with E-state index >= 15 is 0 Å². The smallest absolute Gasteiger partial charge is 0.127 e. The van der Waals surface area contributed by atoms with Crippen LogP contribution in [-0.2, 0) is 0 Å². The summed E-state index contributed by atoms with van der Waals surface area (Å²) >= 11 is 6.41. The highest BCUT2D eigenvalue weighted by atomic mass is 35.5. The Morgan fingerprint density at radius 3 is 2.35 bits per heavy atom. The van der Waals surface area contributed by atoms with Crippen molar-refractivity contribution in [3.63, 3.8) is 0 Å². The van der Waals surface area contributed by atoms with Crippen molar-refractivity contribution < 1.29 is 9.47 Å². The fourth-order valence-electron chi connectivity index (χ4n) is 1.71. The number of hydrogen-bond acceptors (Lipinski definition) is 2. The zero-order valence-electron chi connectivity index (χ0n) is 11.0. The summed E-state index contributed by atoms with van der Waals surface area (Å²) < 4.78 is 10.5. The van der Waals surface area contributed by atoms with Gasteiger partial charge >= 0.3 is 0 Å². The first-order valence-electron chi connectivity index (χ1n) is 5.94. The second-order valence-electron chi connectivity index (χ2n) is 4.55. The molecular formula is C14H21ClO2. The monoisotopic (exact) mass is 256 g/mol. The molecule has 17 heavy (non-hydrogen) atoms. The largest absolute Gasteiger partial charge is 0.497 e. The summed E-state index contributed by atoms with van der Waals surface area (Å²) in [6, 6.07) is 5.78. The lowest BCUT2D eigenvalue weighted by atomic mass is 10.0. The molecule has 0 bridgehead atoms. The van der Waals surface area contributed by atoms with Gasteiger partial charge in [-0.2, -0.15) is 0 Å². The van der Waals surface area contributed by atoms with Crippen LogP contribution >= 0.6 is 11.6 Å². The standard InChI is InChI=1S/C14H21ClO2/c1-10(2)5-8-13(15)12-7-6-11(16-3)9-14(12)17-4/h6-7,9-10,13H,5,8H2,1-4H3. The van der Waals surface area contributed by atoms with Crippen molar-refractivity contribution in [2.75, 3.05) is 14.2 Å². The van der Waals surface area contributed by atoms with Crippen molar-refractivity contribution in [3.8, 4) is 11.5 Å². The summed E-state index contributed by atoms with van der Waals surface area (Å²) in [7, 11) is 3.30. The molecule has 2 nitrogen and oxygen atoms in total. The molecule has 0 spiro atoms. The molecule has 96 valence electrons. The van der Waals surface area contributed by atoms with Crippen LogP contribution in [0, 0.1) is 5.92 Å². The summed E-state index contributed by atoms with van der Waals surface area (Å²) in [6.45, 7) is 4.41. The zero-order chi connectivity index (χ0) is 12.8. The minimum atomic E-state index is -0.00161.